The lowest BCUT2D eigenvalue weighted by Gasteiger charge is -2.16. The second-order valence-corrected chi connectivity index (χ2v) is 14.9. The first-order valence-corrected chi connectivity index (χ1v) is 21.3. The first-order chi connectivity index (χ1) is 21.3. The third-order valence-corrected chi connectivity index (χ3v) is 10.4. The van der Waals surface area contributed by atoms with Crippen molar-refractivity contribution in [3.8, 4) is 0 Å². The van der Waals surface area contributed by atoms with E-state index in [0.29, 0.717) is 0 Å². The fraction of sp³-hybridized carbons (Fsp3) is 1.00. The van der Waals surface area contributed by atoms with Crippen LogP contribution in [0.4, 0.5) is 0 Å². The van der Waals surface area contributed by atoms with Crippen molar-refractivity contribution in [1.29, 1.82) is 0 Å². The lowest BCUT2D eigenvalue weighted by atomic mass is 9.90. The van der Waals surface area contributed by atoms with Crippen molar-refractivity contribution in [3.05, 3.63) is 0 Å². The molecule has 0 aliphatic rings. The summed E-state index contributed by atoms with van der Waals surface area (Å²) < 4.78 is 0. The van der Waals surface area contributed by atoms with Crippen LogP contribution in [0.25, 0.3) is 0 Å². The van der Waals surface area contributed by atoms with Crippen LogP contribution in [0.3, 0.4) is 0 Å². The van der Waals surface area contributed by atoms with Crippen molar-refractivity contribution in [1.82, 2.24) is 0 Å². The summed E-state index contributed by atoms with van der Waals surface area (Å²) in [7, 11) is 0. The van der Waals surface area contributed by atoms with Crippen molar-refractivity contribution in [2.45, 2.75) is 271 Å². The lowest BCUT2D eigenvalue weighted by molar-refractivity contribution is 0.370. The highest BCUT2D eigenvalue weighted by Gasteiger charge is 2.08. The molecule has 0 N–H and O–H groups in total. The van der Waals surface area contributed by atoms with Crippen molar-refractivity contribution in [2.24, 2.45) is 5.92 Å². The molecule has 0 atom stereocenters. The molecule has 0 radical (unpaired) electrons. The smallest absolute Gasteiger partial charge is 0.0414 e. The predicted octanol–water partition coefficient (Wildman–Crippen LogP) is 16.9. The van der Waals surface area contributed by atoms with Crippen LogP contribution in [0.5, 0.6) is 0 Å². The van der Waals surface area contributed by atoms with E-state index in [2.05, 4.69) is 20.8 Å². The second-order valence-electron chi connectivity index (χ2n) is 14.9. The van der Waals surface area contributed by atoms with Crippen molar-refractivity contribution in [2.75, 3.05) is 0 Å². The van der Waals surface area contributed by atoms with Crippen LogP contribution >= 0.6 is 0 Å². The molecule has 0 spiro atoms. The van der Waals surface area contributed by atoms with Crippen molar-refractivity contribution >= 4 is 0 Å². The molecule has 0 aromatic carbocycles. The van der Waals surface area contributed by atoms with Crippen LogP contribution in [0.15, 0.2) is 0 Å². The Bertz CT molecular complexity index is 415. The molecule has 0 aromatic heterocycles. The van der Waals surface area contributed by atoms with E-state index in [4.69, 9.17) is 0 Å². The van der Waals surface area contributed by atoms with Crippen LogP contribution in [-0.4, -0.2) is 0 Å². The molecule has 0 heteroatoms. The van der Waals surface area contributed by atoms with E-state index >= 15 is 0 Å². The third-order valence-electron chi connectivity index (χ3n) is 10.4. The van der Waals surface area contributed by atoms with Gasteiger partial charge in [-0.2, -0.15) is 0 Å². The van der Waals surface area contributed by atoms with Gasteiger partial charge in [0.1, 0.15) is 0 Å². The summed E-state index contributed by atoms with van der Waals surface area (Å²) in [5.41, 5.74) is 0. The van der Waals surface area contributed by atoms with E-state index in [1.807, 2.05) is 0 Å². The highest BCUT2D eigenvalue weighted by Crippen LogP contribution is 2.24. The molecule has 0 saturated carbocycles. The molecule has 0 unspecified atom stereocenters. The van der Waals surface area contributed by atoms with E-state index in [9.17, 15) is 0 Å². The number of rotatable bonds is 39. The van der Waals surface area contributed by atoms with Crippen molar-refractivity contribution in [3.63, 3.8) is 0 Å². The van der Waals surface area contributed by atoms with Gasteiger partial charge >= 0.3 is 0 Å². The molecule has 0 bridgehead atoms. The summed E-state index contributed by atoms with van der Waals surface area (Å²) >= 11 is 0. The van der Waals surface area contributed by atoms with Gasteiger partial charge in [-0.05, 0) is 5.92 Å². The Morgan fingerprint density at radius 3 is 0.558 bits per heavy atom. The Balaban J connectivity index is 3.43. The monoisotopic (exact) mass is 605 g/mol. The minimum absolute atomic E-state index is 1.03. The maximum Gasteiger partial charge on any atom is -0.0414 e. The topological polar surface area (TPSA) is 0 Å². The van der Waals surface area contributed by atoms with Gasteiger partial charge in [0, 0.05) is 0 Å². The Kier molecular flexibility index (Phi) is 40.0. The Morgan fingerprint density at radius 2 is 0.349 bits per heavy atom. The van der Waals surface area contributed by atoms with Crippen LogP contribution in [-0.2, 0) is 0 Å². The molecule has 0 amide bonds. The summed E-state index contributed by atoms with van der Waals surface area (Å²) in [5, 5.41) is 0. The first-order valence-electron chi connectivity index (χ1n) is 21.3. The van der Waals surface area contributed by atoms with Gasteiger partial charge in [-0.1, -0.05) is 271 Å². The Morgan fingerprint density at radius 1 is 0.186 bits per heavy atom. The minimum atomic E-state index is 1.03. The van der Waals surface area contributed by atoms with Crippen LogP contribution < -0.4 is 0 Å². The first kappa shape index (κ1) is 43.0. The summed E-state index contributed by atoms with van der Waals surface area (Å²) in [6.07, 6.45) is 57.8. The van der Waals surface area contributed by atoms with E-state index < -0.39 is 0 Å². The fourth-order valence-electron chi connectivity index (χ4n) is 7.24. The molecule has 0 aliphatic carbocycles. The molecule has 0 nitrogen and oxygen atoms in total. The van der Waals surface area contributed by atoms with E-state index in [1.165, 1.54) is 250 Å². The normalized spacial score (nSPS) is 11.7. The summed E-state index contributed by atoms with van der Waals surface area (Å²) in [5.74, 6) is 1.03. The van der Waals surface area contributed by atoms with E-state index in [0.717, 1.165) is 5.92 Å². The number of hydrogen-bond acceptors (Lipinski definition) is 0. The summed E-state index contributed by atoms with van der Waals surface area (Å²) in [4.78, 5) is 0. The molecule has 260 valence electrons. The molecule has 0 saturated heterocycles. The molecular formula is C43H88. The molecule has 0 heterocycles. The molecule has 0 fully saturated rings. The highest BCUT2D eigenvalue weighted by atomic mass is 14.1. The van der Waals surface area contributed by atoms with E-state index in [1.54, 1.807) is 0 Å². The highest BCUT2D eigenvalue weighted by molar-refractivity contribution is 4.62. The molecule has 43 heavy (non-hydrogen) atoms. The maximum atomic E-state index is 2.38. The van der Waals surface area contributed by atoms with Crippen LogP contribution in [0.1, 0.15) is 271 Å². The number of unbranched alkanes of at least 4 members (excludes halogenated alkanes) is 33. The standard InChI is InChI=1S/C43H88/c1-4-7-10-12-14-16-18-20-22-24-26-28-30-32-34-36-38-41-43(40-9-6-3)42-39-37-35-33-31-29-27-25-23-21-19-17-15-13-11-8-5-2/h43H,4-42H2,1-3H3. The fourth-order valence-corrected chi connectivity index (χ4v) is 7.24. The van der Waals surface area contributed by atoms with Gasteiger partial charge in [0.2, 0.25) is 0 Å². The van der Waals surface area contributed by atoms with Gasteiger partial charge in [-0.15, -0.1) is 0 Å². The zero-order chi connectivity index (χ0) is 31.2. The van der Waals surface area contributed by atoms with Gasteiger partial charge in [0.25, 0.3) is 0 Å². The SMILES string of the molecule is CCCCCCCCCCCCCCCCCCCC(CCCC)CCCCCCCCCCCCCCCCCCC. The lowest BCUT2D eigenvalue weighted by Crippen LogP contribution is -2.01. The Labute approximate surface area is 276 Å². The maximum absolute atomic E-state index is 2.38. The molecular weight excluding hydrogens is 516 g/mol. The van der Waals surface area contributed by atoms with Gasteiger partial charge in [-0.25, -0.2) is 0 Å². The number of hydrogen-bond donors (Lipinski definition) is 0. The summed E-state index contributed by atoms with van der Waals surface area (Å²) in [6, 6.07) is 0. The molecule has 0 aliphatic heterocycles. The quantitative estimate of drug-likeness (QED) is 0.0612. The van der Waals surface area contributed by atoms with Gasteiger partial charge < -0.3 is 0 Å². The largest absolute Gasteiger partial charge is 0.0654 e. The van der Waals surface area contributed by atoms with Gasteiger partial charge in [-0.3, -0.25) is 0 Å². The van der Waals surface area contributed by atoms with Gasteiger partial charge in [0.05, 0.1) is 0 Å². The summed E-state index contributed by atoms with van der Waals surface area (Å²) in [6.45, 7) is 7.00. The Hall–Kier alpha value is 0. The van der Waals surface area contributed by atoms with Crippen molar-refractivity contribution < 1.29 is 0 Å². The van der Waals surface area contributed by atoms with E-state index in [-0.39, 0.29) is 0 Å². The van der Waals surface area contributed by atoms with Crippen LogP contribution in [0, 0.1) is 5.92 Å². The third kappa shape index (κ3) is 38.1. The van der Waals surface area contributed by atoms with Crippen LogP contribution in [0.2, 0.25) is 0 Å². The second kappa shape index (κ2) is 40.0. The van der Waals surface area contributed by atoms with Gasteiger partial charge in [0.15, 0.2) is 0 Å². The zero-order valence-corrected chi connectivity index (χ0v) is 31.2. The molecule has 0 rings (SSSR count). The minimum Gasteiger partial charge on any atom is -0.0654 e. The molecule has 0 aromatic rings. The average molecular weight is 605 g/mol. The predicted molar refractivity (Wildman–Crippen MR) is 201 cm³/mol. The average Bonchev–Trinajstić information content (AvgIpc) is 3.02. The zero-order valence-electron chi connectivity index (χ0n) is 31.2.